The van der Waals surface area contributed by atoms with E-state index in [4.69, 9.17) is 4.74 Å². The van der Waals surface area contributed by atoms with Gasteiger partial charge in [0.25, 0.3) is 0 Å². The quantitative estimate of drug-likeness (QED) is 0.858. The molecular formula is C20H18N2O4. The molecule has 1 fully saturated rings. The Balaban J connectivity index is 1.53. The van der Waals surface area contributed by atoms with Gasteiger partial charge in [-0.3, -0.25) is 14.5 Å². The Labute approximate surface area is 150 Å². The average Bonchev–Trinajstić information content (AvgIpc) is 3.21. The molecule has 1 saturated heterocycles. The van der Waals surface area contributed by atoms with Gasteiger partial charge in [0.2, 0.25) is 18.0 Å². The fourth-order valence-corrected chi connectivity index (χ4v) is 3.49. The number of nitrogens with one attached hydrogen (secondary N) is 1. The first kappa shape index (κ1) is 16.3. The van der Waals surface area contributed by atoms with E-state index in [1.807, 2.05) is 30.3 Å². The van der Waals surface area contributed by atoms with Crippen molar-refractivity contribution >= 4 is 17.8 Å². The highest BCUT2D eigenvalue weighted by Gasteiger charge is 2.46. The summed E-state index contributed by atoms with van der Waals surface area (Å²) in [6, 6.07) is 15.9. The number of nitrogens with zero attached hydrogens (tertiary/aromatic N) is 1. The number of amides is 2. The number of hydrogen-bond acceptors (Lipinski definition) is 4. The molecular weight excluding hydrogens is 332 g/mol. The second kappa shape index (κ2) is 6.63. The number of likely N-dealkylation sites (tertiary alicyclic amines) is 1. The zero-order chi connectivity index (χ0) is 18.1. The lowest BCUT2D eigenvalue weighted by atomic mass is 10.1. The van der Waals surface area contributed by atoms with Crippen LogP contribution in [0, 0.1) is 0 Å². The molecule has 2 aromatic rings. The number of rotatable bonds is 4. The van der Waals surface area contributed by atoms with Crippen molar-refractivity contribution in [3.05, 3.63) is 71.3 Å². The second-order valence-electron chi connectivity index (χ2n) is 6.40. The molecule has 6 heteroatoms. The number of ether oxygens (including phenoxy) is 1. The maximum Gasteiger partial charge on any atom is 0.340 e. The van der Waals surface area contributed by atoms with Gasteiger partial charge in [0.1, 0.15) is 6.04 Å². The Kier molecular flexibility index (Phi) is 4.16. The van der Waals surface area contributed by atoms with E-state index in [1.165, 1.54) is 4.90 Å². The van der Waals surface area contributed by atoms with Crippen molar-refractivity contribution < 1.29 is 19.1 Å². The first-order chi connectivity index (χ1) is 12.6. The van der Waals surface area contributed by atoms with Crippen molar-refractivity contribution in [3.8, 4) is 0 Å². The smallest absolute Gasteiger partial charge is 0.340 e. The molecule has 132 valence electrons. The number of carbonyl (C=O) groups excluding carboxylic acids is 3. The van der Waals surface area contributed by atoms with Gasteiger partial charge in [-0.1, -0.05) is 48.5 Å². The maximum atomic E-state index is 12.7. The molecule has 2 atom stereocenters. The highest BCUT2D eigenvalue weighted by atomic mass is 16.6. The Hall–Kier alpha value is -3.15. The molecule has 2 aliphatic rings. The maximum absolute atomic E-state index is 12.7. The lowest BCUT2D eigenvalue weighted by Gasteiger charge is -2.29. The zero-order valence-corrected chi connectivity index (χ0v) is 14.1. The number of cyclic esters (lactones) is 1. The molecule has 6 nitrogen and oxygen atoms in total. The molecule has 0 spiro atoms. The molecule has 2 unspecified atom stereocenters. The van der Waals surface area contributed by atoms with E-state index >= 15 is 0 Å². The summed E-state index contributed by atoms with van der Waals surface area (Å²) in [5, 5.41) is 2.88. The lowest BCUT2D eigenvalue weighted by molar-refractivity contribution is -0.145. The van der Waals surface area contributed by atoms with Crippen LogP contribution >= 0.6 is 0 Å². The summed E-state index contributed by atoms with van der Waals surface area (Å²) < 4.78 is 5.42. The van der Waals surface area contributed by atoms with Crippen molar-refractivity contribution in [2.45, 2.75) is 31.7 Å². The average molecular weight is 350 g/mol. The minimum absolute atomic E-state index is 0.181. The van der Waals surface area contributed by atoms with Gasteiger partial charge in [-0.2, -0.15) is 0 Å². The largest absolute Gasteiger partial charge is 0.433 e. The van der Waals surface area contributed by atoms with Crippen LogP contribution in [0.15, 0.2) is 54.6 Å². The molecule has 0 saturated carbocycles. The van der Waals surface area contributed by atoms with Gasteiger partial charge in [-0.25, -0.2) is 4.79 Å². The molecule has 0 bridgehead atoms. The number of esters is 1. The summed E-state index contributed by atoms with van der Waals surface area (Å²) in [5.74, 6) is -0.881. The summed E-state index contributed by atoms with van der Waals surface area (Å²) in [6.45, 7) is 0.388. The first-order valence-corrected chi connectivity index (χ1v) is 8.58. The molecule has 0 aromatic heterocycles. The monoisotopic (exact) mass is 350 g/mol. The number of carbonyl (C=O) groups is 3. The van der Waals surface area contributed by atoms with Crippen molar-refractivity contribution in [1.29, 1.82) is 0 Å². The highest BCUT2D eigenvalue weighted by Crippen LogP contribution is 2.38. The van der Waals surface area contributed by atoms with Gasteiger partial charge in [0.05, 0.1) is 5.56 Å². The van der Waals surface area contributed by atoms with Crippen molar-refractivity contribution in [2.24, 2.45) is 0 Å². The first-order valence-electron chi connectivity index (χ1n) is 8.58. The Bertz CT molecular complexity index is 865. The van der Waals surface area contributed by atoms with Crippen LogP contribution in [0.3, 0.4) is 0 Å². The summed E-state index contributed by atoms with van der Waals surface area (Å²) in [4.78, 5) is 38.6. The fraction of sp³-hybridized carbons (Fsp3) is 0.250. The van der Waals surface area contributed by atoms with Gasteiger partial charge in [-0.05, 0) is 18.1 Å². The van der Waals surface area contributed by atoms with E-state index in [0.29, 0.717) is 24.1 Å². The molecule has 0 aliphatic carbocycles. The van der Waals surface area contributed by atoms with E-state index < -0.39 is 18.2 Å². The summed E-state index contributed by atoms with van der Waals surface area (Å²) in [6.07, 6.45) is -0.156. The van der Waals surface area contributed by atoms with Gasteiger partial charge < -0.3 is 10.1 Å². The number of hydrogen-bond donors (Lipinski definition) is 1. The summed E-state index contributed by atoms with van der Waals surface area (Å²) in [5.41, 5.74) is 2.06. The van der Waals surface area contributed by atoms with Gasteiger partial charge in [0.15, 0.2) is 0 Å². The predicted octanol–water partition coefficient (Wildman–Crippen LogP) is 2.16. The molecule has 2 amide bonds. The standard InChI is InChI=1S/C20H18N2O4/c23-17-11-10-16(18(24)21-12-13-6-2-1-3-7-13)22(17)19-14-8-4-5-9-15(14)20(25)26-19/h1-9,16,19H,10-12H2,(H,21,24). The van der Waals surface area contributed by atoms with Crippen LogP contribution in [0.1, 0.15) is 40.6 Å². The van der Waals surface area contributed by atoms with E-state index in [9.17, 15) is 14.4 Å². The third-order valence-electron chi connectivity index (χ3n) is 4.79. The van der Waals surface area contributed by atoms with Crippen LogP contribution < -0.4 is 5.32 Å². The third kappa shape index (κ3) is 2.83. The van der Waals surface area contributed by atoms with Crippen LogP contribution in [0.25, 0.3) is 0 Å². The summed E-state index contributed by atoms with van der Waals surface area (Å²) >= 11 is 0. The highest BCUT2D eigenvalue weighted by molar-refractivity contribution is 5.96. The minimum Gasteiger partial charge on any atom is -0.433 e. The van der Waals surface area contributed by atoms with Gasteiger partial charge in [-0.15, -0.1) is 0 Å². The third-order valence-corrected chi connectivity index (χ3v) is 4.79. The number of fused-ring (bicyclic) bond motifs is 1. The SMILES string of the molecule is O=C1OC(N2C(=O)CCC2C(=O)NCc2ccccc2)c2ccccc21. The normalized spacial score (nSPS) is 21.5. The molecule has 4 rings (SSSR count). The number of benzene rings is 2. The van der Waals surface area contributed by atoms with Crippen molar-refractivity contribution in [1.82, 2.24) is 10.2 Å². The lowest BCUT2D eigenvalue weighted by Crippen LogP contribution is -2.46. The van der Waals surface area contributed by atoms with Crippen molar-refractivity contribution in [2.75, 3.05) is 0 Å². The molecule has 2 heterocycles. The predicted molar refractivity (Wildman–Crippen MR) is 92.8 cm³/mol. The van der Waals surface area contributed by atoms with Crippen LogP contribution in [-0.2, 0) is 20.9 Å². The minimum atomic E-state index is -0.832. The molecule has 0 radical (unpaired) electrons. The Morgan fingerprint density at radius 3 is 2.62 bits per heavy atom. The Morgan fingerprint density at radius 2 is 1.81 bits per heavy atom. The zero-order valence-electron chi connectivity index (χ0n) is 14.1. The van der Waals surface area contributed by atoms with Crippen molar-refractivity contribution in [3.63, 3.8) is 0 Å². The van der Waals surface area contributed by atoms with Gasteiger partial charge >= 0.3 is 5.97 Å². The van der Waals surface area contributed by atoms with E-state index in [0.717, 1.165) is 5.56 Å². The second-order valence-corrected chi connectivity index (χ2v) is 6.40. The topological polar surface area (TPSA) is 75.7 Å². The van der Waals surface area contributed by atoms with Crippen LogP contribution in [0.5, 0.6) is 0 Å². The van der Waals surface area contributed by atoms with Crippen LogP contribution in [0.4, 0.5) is 0 Å². The van der Waals surface area contributed by atoms with Crippen LogP contribution in [0.2, 0.25) is 0 Å². The fourth-order valence-electron chi connectivity index (χ4n) is 3.49. The molecule has 26 heavy (non-hydrogen) atoms. The summed E-state index contributed by atoms with van der Waals surface area (Å²) in [7, 11) is 0. The van der Waals surface area contributed by atoms with Gasteiger partial charge in [0, 0.05) is 18.5 Å². The molecule has 2 aromatic carbocycles. The van der Waals surface area contributed by atoms with E-state index in [2.05, 4.69) is 5.32 Å². The molecule has 2 aliphatic heterocycles. The Morgan fingerprint density at radius 1 is 1.08 bits per heavy atom. The van der Waals surface area contributed by atoms with Crippen LogP contribution in [-0.4, -0.2) is 28.7 Å². The van der Waals surface area contributed by atoms with E-state index in [1.54, 1.807) is 24.3 Å². The van der Waals surface area contributed by atoms with E-state index in [-0.39, 0.29) is 18.2 Å². The molecule has 1 N–H and O–H groups in total.